The number of aromatic nitrogens is 1. The van der Waals surface area contributed by atoms with Gasteiger partial charge in [-0.2, -0.15) is 0 Å². The summed E-state index contributed by atoms with van der Waals surface area (Å²) in [6, 6.07) is 7.65. The maximum absolute atomic E-state index is 11.9. The molecule has 1 saturated carbocycles. The highest BCUT2D eigenvalue weighted by Gasteiger charge is 2.28. The highest BCUT2D eigenvalue weighted by molar-refractivity contribution is 7.13. The molecular formula is C17H19N3O2S. The summed E-state index contributed by atoms with van der Waals surface area (Å²) in [5.74, 6) is 0.316. The zero-order valence-corrected chi connectivity index (χ0v) is 13.6. The van der Waals surface area contributed by atoms with E-state index in [1.54, 1.807) is 17.5 Å². The van der Waals surface area contributed by atoms with Gasteiger partial charge in [-0.25, -0.2) is 4.98 Å². The Morgan fingerprint density at radius 2 is 2.00 bits per heavy atom. The van der Waals surface area contributed by atoms with Crippen molar-refractivity contribution >= 4 is 28.8 Å². The number of thiazole rings is 1. The first-order valence-electron chi connectivity index (χ1n) is 7.80. The largest absolute Gasteiger partial charge is 0.356 e. The molecule has 0 bridgehead atoms. The lowest BCUT2D eigenvalue weighted by molar-refractivity contribution is -0.122. The van der Waals surface area contributed by atoms with Crippen molar-refractivity contribution < 1.29 is 9.59 Å². The fourth-order valence-electron chi connectivity index (χ4n) is 2.24. The van der Waals surface area contributed by atoms with Crippen LogP contribution in [0.4, 0.5) is 5.69 Å². The van der Waals surface area contributed by atoms with Crippen molar-refractivity contribution in [2.75, 3.05) is 11.9 Å². The Morgan fingerprint density at radius 3 is 2.65 bits per heavy atom. The molecule has 1 aromatic heterocycles. The molecule has 1 aromatic carbocycles. The molecule has 5 nitrogen and oxygen atoms in total. The van der Waals surface area contributed by atoms with Gasteiger partial charge in [0.25, 0.3) is 0 Å². The number of hydrogen-bond donors (Lipinski definition) is 2. The minimum atomic E-state index is -0.0346. The average molecular weight is 329 g/mol. The Morgan fingerprint density at radius 1 is 1.22 bits per heavy atom. The van der Waals surface area contributed by atoms with Gasteiger partial charge >= 0.3 is 0 Å². The smallest absolute Gasteiger partial charge is 0.224 e. The van der Waals surface area contributed by atoms with E-state index in [-0.39, 0.29) is 17.7 Å². The quantitative estimate of drug-likeness (QED) is 0.767. The predicted molar refractivity (Wildman–Crippen MR) is 91.1 cm³/mol. The second-order valence-corrected chi connectivity index (χ2v) is 6.53. The monoisotopic (exact) mass is 329 g/mol. The molecule has 0 atom stereocenters. The summed E-state index contributed by atoms with van der Waals surface area (Å²) < 4.78 is 0. The van der Waals surface area contributed by atoms with E-state index in [2.05, 4.69) is 15.6 Å². The summed E-state index contributed by atoms with van der Waals surface area (Å²) in [5.41, 5.74) is 1.82. The minimum absolute atomic E-state index is 0.0346. The molecule has 0 aliphatic heterocycles. The summed E-state index contributed by atoms with van der Waals surface area (Å²) in [6.45, 7) is 0.561. The first-order valence-corrected chi connectivity index (χ1v) is 8.68. The van der Waals surface area contributed by atoms with E-state index in [0.29, 0.717) is 19.4 Å². The highest BCUT2D eigenvalue weighted by Crippen LogP contribution is 2.28. The molecule has 0 unspecified atom stereocenters. The molecule has 0 radical (unpaired) electrons. The van der Waals surface area contributed by atoms with Crippen molar-refractivity contribution in [3.63, 3.8) is 0 Å². The van der Waals surface area contributed by atoms with Crippen LogP contribution >= 0.6 is 11.3 Å². The number of nitrogens with zero attached hydrogens (tertiary/aromatic N) is 1. The predicted octanol–water partition coefficient (Wildman–Crippen LogP) is 3.06. The van der Waals surface area contributed by atoms with Crippen LogP contribution in [0.1, 0.15) is 25.7 Å². The molecule has 2 aromatic rings. The molecular weight excluding hydrogens is 310 g/mol. The van der Waals surface area contributed by atoms with Gasteiger partial charge in [0.2, 0.25) is 11.8 Å². The lowest BCUT2D eigenvalue weighted by Gasteiger charge is -2.07. The van der Waals surface area contributed by atoms with Crippen molar-refractivity contribution in [1.82, 2.24) is 10.3 Å². The number of carbonyl (C=O) groups excluding carboxylic acids is 2. The summed E-state index contributed by atoms with van der Waals surface area (Å²) >= 11 is 1.59. The van der Waals surface area contributed by atoms with Gasteiger partial charge in [-0.3, -0.25) is 9.59 Å². The third kappa shape index (κ3) is 4.63. The van der Waals surface area contributed by atoms with Gasteiger partial charge < -0.3 is 10.6 Å². The molecule has 120 valence electrons. The molecule has 6 heteroatoms. The standard InChI is InChI=1S/C17H19N3O2S/c21-15(2-1-9-18-16(22)12-3-4-12)20-14-7-5-13(6-8-14)17-19-10-11-23-17/h5-8,10-12H,1-4,9H2,(H,18,22)(H,20,21). The second kappa shape index (κ2) is 7.37. The summed E-state index contributed by atoms with van der Waals surface area (Å²) in [7, 11) is 0. The third-order valence-corrected chi connectivity index (χ3v) is 4.50. The fourth-order valence-corrected chi connectivity index (χ4v) is 2.88. The van der Waals surface area contributed by atoms with Crippen molar-refractivity contribution in [1.29, 1.82) is 0 Å². The molecule has 1 fully saturated rings. The Balaban J connectivity index is 1.40. The Kier molecular flexibility index (Phi) is 5.02. The molecule has 0 saturated heterocycles. The van der Waals surface area contributed by atoms with E-state index in [4.69, 9.17) is 0 Å². The number of anilines is 1. The van der Waals surface area contributed by atoms with E-state index in [0.717, 1.165) is 29.1 Å². The maximum atomic E-state index is 11.9. The van der Waals surface area contributed by atoms with Crippen LogP contribution < -0.4 is 10.6 Å². The van der Waals surface area contributed by atoms with E-state index in [9.17, 15) is 9.59 Å². The number of amides is 2. The highest BCUT2D eigenvalue weighted by atomic mass is 32.1. The summed E-state index contributed by atoms with van der Waals surface area (Å²) in [4.78, 5) is 27.6. The number of benzene rings is 1. The van der Waals surface area contributed by atoms with E-state index < -0.39 is 0 Å². The first kappa shape index (κ1) is 15.7. The molecule has 1 aliphatic rings. The van der Waals surface area contributed by atoms with Crippen molar-refractivity contribution in [3.8, 4) is 10.6 Å². The molecule has 2 amide bonds. The Labute approximate surface area is 139 Å². The van der Waals surface area contributed by atoms with Crippen LogP contribution in [0.15, 0.2) is 35.8 Å². The summed E-state index contributed by atoms with van der Waals surface area (Å²) in [6.07, 6.45) is 4.84. The molecule has 0 spiro atoms. The van der Waals surface area contributed by atoms with Gasteiger partial charge in [0.05, 0.1) is 0 Å². The van der Waals surface area contributed by atoms with Gasteiger partial charge in [-0.15, -0.1) is 11.3 Å². The van der Waals surface area contributed by atoms with Gasteiger partial charge in [0, 0.05) is 41.7 Å². The number of nitrogens with one attached hydrogen (secondary N) is 2. The van der Waals surface area contributed by atoms with Crippen LogP contribution in [0.2, 0.25) is 0 Å². The van der Waals surface area contributed by atoms with E-state index in [1.165, 1.54) is 0 Å². The summed E-state index contributed by atoms with van der Waals surface area (Å²) in [5, 5.41) is 8.64. The van der Waals surface area contributed by atoms with Gasteiger partial charge in [-0.1, -0.05) is 0 Å². The second-order valence-electron chi connectivity index (χ2n) is 5.63. The van der Waals surface area contributed by atoms with Crippen LogP contribution in [0, 0.1) is 5.92 Å². The minimum Gasteiger partial charge on any atom is -0.356 e. The van der Waals surface area contributed by atoms with Crippen molar-refractivity contribution in [2.24, 2.45) is 5.92 Å². The molecule has 23 heavy (non-hydrogen) atoms. The SMILES string of the molecule is O=C(CCCNC(=O)C1CC1)Nc1ccc(-c2nccs2)cc1. The topological polar surface area (TPSA) is 71.1 Å². The first-order chi connectivity index (χ1) is 11.2. The van der Waals surface area contributed by atoms with Gasteiger partial charge in [0.1, 0.15) is 5.01 Å². The maximum Gasteiger partial charge on any atom is 0.224 e. The van der Waals surface area contributed by atoms with Crippen LogP contribution in [0.3, 0.4) is 0 Å². The zero-order chi connectivity index (χ0) is 16.1. The Hall–Kier alpha value is -2.21. The van der Waals surface area contributed by atoms with Crippen molar-refractivity contribution in [2.45, 2.75) is 25.7 Å². The zero-order valence-electron chi connectivity index (χ0n) is 12.7. The van der Waals surface area contributed by atoms with Gasteiger partial charge in [0.15, 0.2) is 0 Å². The van der Waals surface area contributed by atoms with Crippen molar-refractivity contribution in [3.05, 3.63) is 35.8 Å². The fraction of sp³-hybridized carbons (Fsp3) is 0.353. The van der Waals surface area contributed by atoms with E-state index >= 15 is 0 Å². The number of carbonyl (C=O) groups is 2. The molecule has 3 rings (SSSR count). The van der Waals surface area contributed by atoms with Crippen LogP contribution in [0.5, 0.6) is 0 Å². The number of hydrogen-bond acceptors (Lipinski definition) is 4. The molecule has 1 aliphatic carbocycles. The van der Waals surface area contributed by atoms with Crippen LogP contribution in [-0.2, 0) is 9.59 Å². The number of rotatable bonds is 7. The normalized spacial score (nSPS) is 13.6. The molecule has 1 heterocycles. The van der Waals surface area contributed by atoms with Crippen LogP contribution in [0.25, 0.3) is 10.6 Å². The third-order valence-electron chi connectivity index (χ3n) is 3.68. The molecule has 2 N–H and O–H groups in total. The van der Waals surface area contributed by atoms with Gasteiger partial charge in [-0.05, 0) is 43.5 Å². The Bertz CT molecular complexity index is 664. The van der Waals surface area contributed by atoms with Crippen LogP contribution in [-0.4, -0.2) is 23.3 Å². The lowest BCUT2D eigenvalue weighted by atomic mass is 10.2. The average Bonchev–Trinajstić information content (AvgIpc) is 3.27. The lowest BCUT2D eigenvalue weighted by Crippen LogP contribution is -2.26. The van der Waals surface area contributed by atoms with E-state index in [1.807, 2.05) is 29.6 Å².